The zero-order valence-corrected chi connectivity index (χ0v) is 21.6. The Balaban J connectivity index is 1.33. The van der Waals surface area contributed by atoms with Crippen molar-refractivity contribution in [1.29, 1.82) is 0 Å². The maximum absolute atomic E-state index is 4.94. The Kier molecular flexibility index (Phi) is 6.45. The Hall–Kier alpha value is -4.34. The van der Waals surface area contributed by atoms with Gasteiger partial charge in [-0.05, 0) is 40.5 Å². The number of benzene rings is 5. The average molecular weight is 539 g/mol. The highest BCUT2D eigenvalue weighted by Gasteiger charge is 2.11. The second-order valence-corrected chi connectivity index (χ2v) is 9.77. The Labute approximate surface area is 225 Å². The van der Waals surface area contributed by atoms with Crippen molar-refractivity contribution in [2.75, 3.05) is 0 Å². The van der Waals surface area contributed by atoms with E-state index >= 15 is 0 Å². The smallest absolute Gasteiger partial charge is 0.160 e. The van der Waals surface area contributed by atoms with Crippen LogP contribution in [-0.4, -0.2) is 9.97 Å². The molecule has 0 aliphatic carbocycles. The number of hydrogen-bond donors (Lipinski definition) is 0. The van der Waals surface area contributed by atoms with Gasteiger partial charge in [0, 0.05) is 21.2 Å². The number of halogens is 1. The molecule has 37 heavy (non-hydrogen) atoms. The lowest BCUT2D eigenvalue weighted by Gasteiger charge is -2.10. The normalized spacial score (nSPS) is 10.8. The van der Waals surface area contributed by atoms with Gasteiger partial charge in [0.25, 0.3) is 0 Å². The van der Waals surface area contributed by atoms with E-state index in [1.165, 1.54) is 16.7 Å². The molecule has 0 bridgehead atoms. The van der Waals surface area contributed by atoms with Gasteiger partial charge in [-0.3, -0.25) is 0 Å². The van der Waals surface area contributed by atoms with E-state index in [1.54, 1.807) is 0 Å². The van der Waals surface area contributed by atoms with Crippen molar-refractivity contribution in [3.05, 3.63) is 144 Å². The van der Waals surface area contributed by atoms with Crippen LogP contribution < -0.4 is 0 Å². The molecule has 0 radical (unpaired) electrons. The molecule has 0 spiro atoms. The van der Waals surface area contributed by atoms with Crippen LogP contribution in [0.1, 0.15) is 0 Å². The highest BCUT2D eigenvalue weighted by Crippen LogP contribution is 2.30. The molecule has 0 N–H and O–H groups in total. The molecule has 0 aliphatic heterocycles. The van der Waals surface area contributed by atoms with Crippen LogP contribution in [0, 0.1) is 0 Å². The molecule has 0 saturated carbocycles. The van der Waals surface area contributed by atoms with Crippen LogP contribution in [0.4, 0.5) is 0 Å². The predicted octanol–water partition coefficient (Wildman–Crippen LogP) is 9.57. The molecule has 176 valence electrons. The second kappa shape index (κ2) is 10.3. The van der Waals surface area contributed by atoms with Gasteiger partial charge in [-0.25, -0.2) is 9.97 Å². The summed E-state index contributed by atoms with van der Waals surface area (Å²) in [5.41, 5.74) is 9.71. The number of aromatic nitrogens is 2. The maximum atomic E-state index is 4.94. The van der Waals surface area contributed by atoms with Crippen molar-refractivity contribution in [2.45, 2.75) is 0 Å². The Bertz CT molecular complexity index is 1570. The number of nitrogens with zero attached hydrogens (tertiary/aromatic N) is 2. The molecule has 1 heterocycles. The average Bonchev–Trinajstić information content (AvgIpc) is 2.98. The third-order valence-electron chi connectivity index (χ3n) is 6.40. The largest absolute Gasteiger partial charge is 0.228 e. The van der Waals surface area contributed by atoms with E-state index in [1.807, 2.05) is 36.4 Å². The van der Waals surface area contributed by atoms with E-state index in [9.17, 15) is 0 Å². The second-order valence-electron chi connectivity index (χ2n) is 8.86. The minimum Gasteiger partial charge on any atom is -0.228 e. The molecular weight excluding hydrogens is 516 g/mol. The van der Waals surface area contributed by atoms with Gasteiger partial charge in [0.05, 0.1) is 11.4 Å². The van der Waals surface area contributed by atoms with Crippen molar-refractivity contribution < 1.29 is 0 Å². The van der Waals surface area contributed by atoms with Gasteiger partial charge in [0.2, 0.25) is 0 Å². The van der Waals surface area contributed by atoms with Crippen molar-refractivity contribution in [2.24, 2.45) is 0 Å². The zero-order valence-electron chi connectivity index (χ0n) is 20.1. The van der Waals surface area contributed by atoms with Crippen molar-refractivity contribution in [1.82, 2.24) is 9.97 Å². The van der Waals surface area contributed by atoms with Crippen LogP contribution in [0.15, 0.2) is 144 Å². The van der Waals surface area contributed by atoms with Crippen LogP contribution in [0.2, 0.25) is 0 Å². The summed E-state index contributed by atoms with van der Waals surface area (Å²) in [4.78, 5) is 9.88. The first-order valence-electron chi connectivity index (χ1n) is 12.2. The van der Waals surface area contributed by atoms with Gasteiger partial charge in [-0.1, -0.05) is 137 Å². The molecule has 1 aromatic heterocycles. The summed E-state index contributed by atoms with van der Waals surface area (Å²) in [7, 11) is 0. The Morgan fingerprint density at radius 3 is 1.11 bits per heavy atom. The summed E-state index contributed by atoms with van der Waals surface area (Å²) in [5.74, 6) is 0.720. The van der Waals surface area contributed by atoms with Crippen molar-refractivity contribution in [3.8, 4) is 56.2 Å². The molecule has 0 saturated heterocycles. The molecule has 6 aromatic rings. The van der Waals surface area contributed by atoms with Crippen LogP contribution in [0.25, 0.3) is 56.2 Å². The quantitative estimate of drug-likeness (QED) is 0.218. The van der Waals surface area contributed by atoms with E-state index in [0.717, 1.165) is 43.9 Å². The summed E-state index contributed by atoms with van der Waals surface area (Å²) in [6, 6.07) is 48.2. The summed E-state index contributed by atoms with van der Waals surface area (Å²) in [5, 5.41) is 0. The molecule has 5 aromatic carbocycles. The topological polar surface area (TPSA) is 25.8 Å². The van der Waals surface area contributed by atoms with Crippen molar-refractivity contribution >= 4 is 15.9 Å². The summed E-state index contributed by atoms with van der Waals surface area (Å²) < 4.78 is 1.09. The monoisotopic (exact) mass is 538 g/mol. The van der Waals surface area contributed by atoms with Crippen molar-refractivity contribution in [3.63, 3.8) is 0 Å². The maximum Gasteiger partial charge on any atom is 0.160 e. The van der Waals surface area contributed by atoms with Gasteiger partial charge >= 0.3 is 0 Å². The lowest BCUT2D eigenvalue weighted by molar-refractivity contribution is 1.18. The van der Waals surface area contributed by atoms with Gasteiger partial charge < -0.3 is 0 Å². The lowest BCUT2D eigenvalue weighted by atomic mass is 9.99. The van der Waals surface area contributed by atoms with Crippen LogP contribution in [-0.2, 0) is 0 Å². The SMILES string of the molecule is Brc1ccc(-c2ccc(-c3ccc(-c4nc(-c5ccccc5)cc(-c5ccccc5)n4)cc3)cc2)cc1. The van der Waals surface area contributed by atoms with Gasteiger partial charge in [-0.15, -0.1) is 0 Å². The fraction of sp³-hybridized carbons (Fsp3) is 0. The summed E-state index contributed by atoms with van der Waals surface area (Å²) >= 11 is 3.51. The standard InChI is InChI=1S/C34H23BrN2/c35-31-21-19-27(20-22-31)25-13-11-24(12-14-25)26-15-17-30(18-16-26)34-36-32(28-7-3-1-4-8-28)23-33(37-34)29-9-5-2-6-10-29/h1-23H. The number of hydrogen-bond acceptors (Lipinski definition) is 2. The van der Waals surface area contributed by atoms with Crippen LogP contribution >= 0.6 is 15.9 Å². The number of rotatable bonds is 5. The summed E-state index contributed by atoms with van der Waals surface area (Å²) in [6.07, 6.45) is 0. The molecule has 0 atom stereocenters. The van der Waals surface area contributed by atoms with E-state index in [4.69, 9.17) is 9.97 Å². The van der Waals surface area contributed by atoms with Crippen LogP contribution in [0.5, 0.6) is 0 Å². The predicted molar refractivity (Wildman–Crippen MR) is 157 cm³/mol. The van der Waals surface area contributed by atoms with Gasteiger partial charge in [0.1, 0.15) is 0 Å². The molecule has 0 unspecified atom stereocenters. The first-order valence-corrected chi connectivity index (χ1v) is 13.0. The third kappa shape index (κ3) is 5.13. The molecule has 3 heteroatoms. The first-order chi connectivity index (χ1) is 18.2. The van der Waals surface area contributed by atoms with E-state index in [2.05, 4.69) is 119 Å². The third-order valence-corrected chi connectivity index (χ3v) is 6.93. The molecule has 0 amide bonds. The Morgan fingerprint density at radius 1 is 0.351 bits per heavy atom. The van der Waals surface area contributed by atoms with Gasteiger partial charge in [0.15, 0.2) is 5.82 Å². The fourth-order valence-corrected chi connectivity index (χ4v) is 4.66. The minimum atomic E-state index is 0.720. The minimum absolute atomic E-state index is 0.720. The highest BCUT2D eigenvalue weighted by molar-refractivity contribution is 9.10. The first kappa shape index (κ1) is 23.1. The molecular formula is C34H23BrN2. The van der Waals surface area contributed by atoms with E-state index in [0.29, 0.717) is 0 Å². The van der Waals surface area contributed by atoms with Crippen LogP contribution in [0.3, 0.4) is 0 Å². The summed E-state index contributed by atoms with van der Waals surface area (Å²) in [6.45, 7) is 0. The fourth-order valence-electron chi connectivity index (χ4n) is 4.40. The van der Waals surface area contributed by atoms with E-state index < -0.39 is 0 Å². The van der Waals surface area contributed by atoms with E-state index in [-0.39, 0.29) is 0 Å². The molecule has 2 nitrogen and oxygen atoms in total. The molecule has 0 aliphatic rings. The lowest BCUT2D eigenvalue weighted by Crippen LogP contribution is -1.95. The Morgan fingerprint density at radius 2 is 0.703 bits per heavy atom. The highest BCUT2D eigenvalue weighted by atomic mass is 79.9. The molecule has 6 rings (SSSR count). The van der Waals surface area contributed by atoms with Gasteiger partial charge in [-0.2, -0.15) is 0 Å². The zero-order chi connectivity index (χ0) is 25.0. The molecule has 0 fully saturated rings.